The van der Waals surface area contributed by atoms with Crippen molar-refractivity contribution in [2.45, 2.75) is 11.4 Å². The summed E-state index contributed by atoms with van der Waals surface area (Å²) in [5, 5.41) is 3.54. The molecule has 0 saturated carbocycles. The maximum Gasteiger partial charge on any atom is 0.264 e. The van der Waals surface area contributed by atoms with E-state index in [9.17, 15) is 9.59 Å². The highest BCUT2D eigenvalue weighted by Gasteiger charge is 2.27. The van der Waals surface area contributed by atoms with Crippen LogP contribution in [0.15, 0.2) is 82.6 Å². The highest BCUT2D eigenvalue weighted by molar-refractivity contribution is 8.04. The van der Waals surface area contributed by atoms with Gasteiger partial charge in [0.15, 0.2) is 0 Å². The fraction of sp³-hybridized carbons (Fsp3) is 0.0833. The molecule has 150 valence electrons. The Labute approximate surface area is 184 Å². The topological polar surface area (TPSA) is 49.4 Å². The largest absolute Gasteiger partial charge is 0.348 e. The molecule has 6 heteroatoms. The van der Waals surface area contributed by atoms with Gasteiger partial charge in [-0.3, -0.25) is 9.59 Å². The third-order valence-corrected chi connectivity index (χ3v) is 6.07. The SMILES string of the molecule is CN1C(=O)C(=Cc2cccc(Cl)c2)Sc2ccc(C(=O)NCc3ccccc3)cc21. The first-order valence-electron chi connectivity index (χ1n) is 9.40. The smallest absolute Gasteiger partial charge is 0.264 e. The van der Waals surface area contributed by atoms with E-state index in [1.807, 2.05) is 60.7 Å². The number of thioether (sulfide) groups is 1. The summed E-state index contributed by atoms with van der Waals surface area (Å²) < 4.78 is 0. The fourth-order valence-corrected chi connectivity index (χ4v) is 4.45. The van der Waals surface area contributed by atoms with Crippen molar-refractivity contribution in [2.24, 2.45) is 0 Å². The molecule has 1 heterocycles. The number of halogens is 1. The molecule has 0 atom stereocenters. The maximum absolute atomic E-state index is 12.9. The first kappa shape index (κ1) is 20.3. The summed E-state index contributed by atoms with van der Waals surface area (Å²) in [5.41, 5.74) is 3.14. The summed E-state index contributed by atoms with van der Waals surface area (Å²) in [6, 6.07) is 22.5. The number of hydrogen-bond donors (Lipinski definition) is 1. The molecule has 2 amide bonds. The minimum atomic E-state index is -0.173. The zero-order valence-corrected chi connectivity index (χ0v) is 17.8. The van der Waals surface area contributed by atoms with Gasteiger partial charge in [0.2, 0.25) is 0 Å². The van der Waals surface area contributed by atoms with Crippen molar-refractivity contribution in [3.63, 3.8) is 0 Å². The van der Waals surface area contributed by atoms with Crippen LogP contribution in [-0.4, -0.2) is 18.9 Å². The van der Waals surface area contributed by atoms with E-state index in [4.69, 9.17) is 11.6 Å². The lowest BCUT2D eigenvalue weighted by Crippen LogP contribution is -2.31. The van der Waals surface area contributed by atoms with Crippen LogP contribution in [0.1, 0.15) is 21.5 Å². The van der Waals surface area contributed by atoms with Crippen molar-refractivity contribution in [1.29, 1.82) is 0 Å². The second-order valence-corrected chi connectivity index (χ2v) is 8.40. The van der Waals surface area contributed by atoms with Gasteiger partial charge in [-0.2, -0.15) is 0 Å². The molecule has 0 fully saturated rings. The van der Waals surface area contributed by atoms with Gasteiger partial charge < -0.3 is 10.2 Å². The van der Waals surface area contributed by atoms with E-state index >= 15 is 0 Å². The van der Waals surface area contributed by atoms with E-state index in [0.717, 1.165) is 21.7 Å². The van der Waals surface area contributed by atoms with Crippen molar-refractivity contribution >= 4 is 46.9 Å². The molecular weight excluding hydrogens is 416 g/mol. The molecule has 4 rings (SSSR count). The fourth-order valence-electron chi connectivity index (χ4n) is 3.16. The quantitative estimate of drug-likeness (QED) is 0.561. The van der Waals surface area contributed by atoms with Crippen molar-refractivity contribution in [1.82, 2.24) is 5.32 Å². The van der Waals surface area contributed by atoms with E-state index in [1.54, 1.807) is 30.1 Å². The molecule has 4 nitrogen and oxygen atoms in total. The normalized spacial score (nSPS) is 14.5. The summed E-state index contributed by atoms with van der Waals surface area (Å²) in [7, 11) is 1.72. The van der Waals surface area contributed by atoms with Crippen LogP contribution in [0.25, 0.3) is 6.08 Å². The van der Waals surface area contributed by atoms with E-state index in [0.29, 0.717) is 22.0 Å². The molecule has 3 aromatic carbocycles. The van der Waals surface area contributed by atoms with Gasteiger partial charge in [-0.15, -0.1) is 0 Å². The maximum atomic E-state index is 12.9. The minimum Gasteiger partial charge on any atom is -0.348 e. The van der Waals surface area contributed by atoms with Crippen LogP contribution < -0.4 is 10.2 Å². The highest BCUT2D eigenvalue weighted by atomic mass is 35.5. The van der Waals surface area contributed by atoms with Gasteiger partial charge in [-0.1, -0.05) is 65.8 Å². The Balaban J connectivity index is 1.54. The molecule has 0 unspecified atom stereocenters. The molecule has 0 aliphatic carbocycles. The zero-order valence-electron chi connectivity index (χ0n) is 16.3. The van der Waals surface area contributed by atoms with Crippen LogP contribution in [0.5, 0.6) is 0 Å². The van der Waals surface area contributed by atoms with E-state index in [1.165, 1.54) is 11.8 Å². The lowest BCUT2D eigenvalue weighted by atomic mass is 10.1. The molecule has 1 aliphatic rings. The van der Waals surface area contributed by atoms with Crippen LogP contribution in [0.2, 0.25) is 5.02 Å². The lowest BCUT2D eigenvalue weighted by Gasteiger charge is -2.27. The zero-order chi connectivity index (χ0) is 21.1. The third-order valence-electron chi connectivity index (χ3n) is 4.76. The van der Waals surface area contributed by atoms with Crippen molar-refractivity contribution in [3.05, 3.63) is 99.4 Å². The number of hydrogen-bond acceptors (Lipinski definition) is 3. The summed E-state index contributed by atoms with van der Waals surface area (Å²) in [4.78, 5) is 28.6. The van der Waals surface area contributed by atoms with Crippen molar-refractivity contribution in [2.75, 3.05) is 11.9 Å². The molecule has 0 aromatic heterocycles. The summed E-state index contributed by atoms with van der Waals surface area (Å²) in [5.74, 6) is -0.290. The monoisotopic (exact) mass is 434 g/mol. The minimum absolute atomic E-state index is 0.116. The van der Waals surface area contributed by atoms with Gasteiger partial charge in [-0.25, -0.2) is 0 Å². The van der Waals surface area contributed by atoms with Crippen LogP contribution in [0.4, 0.5) is 5.69 Å². The Morgan fingerprint density at radius 1 is 1.07 bits per heavy atom. The number of rotatable bonds is 4. The van der Waals surface area contributed by atoms with Crippen molar-refractivity contribution < 1.29 is 9.59 Å². The average molecular weight is 435 g/mol. The van der Waals surface area contributed by atoms with Gasteiger partial charge >= 0.3 is 0 Å². The number of likely N-dealkylation sites (N-methyl/N-ethyl adjacent to an activating group) is 1. The van der Waals surface area contributed by atoms with Crippen molar-refractivity contribution in [3.8, 4) is 0 Å². The van der Waals surface area contributed by atoms with Crippen LogP contribution in [0.3, 0.4) is 0 Å². The van der Waals surface area contributed by atoms with E-state index < -0.39 is 0 Å². The molecular formula is C24H19ClN2O2S. The standard InChI is InChI=1S/C24H19ClN2O2S/c1-27-20-14-18(23(28)26-15-16-6-3-2-4-7-16)10-11-21(20)30-22(24(27)29)13-17-8-5-9-19(25)12-17/h2-14H,15H2,1H3,(H,26,28). The van der Waals surface area contributed by atoms with Gasteiger partial charge in [0.05, 0.1) is 10.6 Å². The van der Waals surface area contributed by atoms with Gasteiger partial charge in [0.25, 0.3) is 11.8 Å². The number of fused-ring (bicyclic) bond motifs is 1. The van der Waals surface area contributed by atoms with Crippen LogP contribution in [0, 0.1) is 0 Å². The predicted molar refractivity (Wildman–Crippen MR) is 123 cm³/mol. The Kier molecular flexibility index (Phi) is 5.93. The Bertz CT molecular complexity index is 1140. The molecule has 3 aromatic rings. The molecule has 1 aliphatic heterocycles. The lowest BCUT2D eigenvalue weighted by molar-refractivity contribution is -0.114. The average Bonchev–Trinajstić information content (AvgIpc) is 2.76. The second-order valence-electron chi connectivity index (χ2n) is 6.88. The first-order valence-corrected chi connectivity index (χ1v) is 10.6. The molecule has 0 saturated heterocycles. The Morgan fingerprint density at radius 3 is 2.63 bits per heavy atom. The molecule has 30 heavy (non-hydrogen) atoms. The number of nitrogens with zero attached hydrogens (tertiary/aromatic N) is 1. The summed E-state index contributed by atoms with van der Waals surface area (Å²) in [6.07, 6.45) is 1.83. The second kappa shape index (κ2) is 8.78. The summed E-state index contributed by atoms with van der Waals surface area (Å²) >= 11 is 7.45. The number of anilines is 1. The number of carbonyl (C=O) groups excluding carboxylic acids is 2. The van der Waals surface area contributed by atoms with E-state index in [2.05, 4.69) is 5.32 Å². The summed E-state index contributed by atoms with van der Waals surface area (Å²) in [6.45, 7) is 0.451. The van der Waals surface area contributed by atoms with Crippen LogP contribution >= 0.6 is 23.4 Å². The molecule has 1 N–H and O–H groups in total. The van der Waals surface area contributed by atoms with Crippen LogP contribution in [-0.2, 0) is 11.3 Å². The van der Waals surface area contributed by atoms with Gasteiger partial charge in [0.1, 0.15) is 0 Å². The third kappa shape index (κ3) is 4.42. The highest BCUT2D eigenvalue weighted by Crippen LogP contribution is 2.42. The predicted octanol–water partition coefficient (Wildman–Crippen LogP) is 5.38. The number of amides is 2. The molecule has 0 bridgehead atoms. The Hall–Kier alpha value is -3.02. The van der Waals surface area contributed by atoms with E-state index in [-0.39, 0.29) is 11.8 Å². The molecule has 0 spiro atoms. The number of benzene rings is 3. The first-order chi connectivity index (χ1) is 14.5. The number of carbonyl (C=O) groups is 2. The number of nitrogens with one attached hydrogen (secondary N) is 1. The Morgan fingerprint density at radius 2 is 1.87 bits per heavy atom. The van der Waals surface area contributed by atoms with Gasteiger partial charge in [-0.05, 0) is 47.5 Å². The molecule has 0 radical (unpaired) electrons. The van der Waals surface area contributed by atoms with Gasteiger partial charge in [0, 0.05) is 29.1 Å².